The summed E-state index contributed by atoms with van der Waals surface area (Å²) in [4.78, 5) is 24.2. The second-order valence-corrected chi connectivity index (χ2v) is 10.9. The van der Waals surface area contributed by atoms with E-state index >= 15 is 0 Å². The zero-order valence-corrected chi connectivity index (χ0v) is 24.8. The van der Waals surface area contributed by atoms with Gasteiger partial charge in [-0.3, -0.25) is 9.59 Å². The third-order valence-corrected chi connectivity index (χ3v) is 7.45. The monoisotopic (exact) mass is 510 g/mol. The van der Waals surface area contributed by atoms with Gasteiger partial charge in [0.05, 0.1) is 13.2 Å². The summed E-state index contributed by atoms with van der Waals surface area (Å²) in [5.41, 5.74) is 0. The number of hydrogen-bond acceptors (Lipinski definition) is 4. The van der Waals surface area contributed by atoms with Gasteiger partial charge in [-0.15, -0.1) is 0 Å². The third kappa shape index (κ3) is 23.3. The molecular weight excluding hydrogens is 448 g/mol. The van der Waals surface area contributed by atoms with Crippen molar-refractivity contribution in [2.24, 2.45) is 11.8 Å². The van der Waals surface area contributed by atoms with E-state index in [1.54, 1.807) is 0 Å². The van der Waals surface area contributed by atoms with E-state index in [0.717, 1.165) is 12.8 Å². The first-order chi connectivity index (χ1) is 17.6. The quantitative estimate of drug-likeness (QED) is 0.0814. The first-order valence-corrected chi connectivity index (χ1v) is 15.9. The Kier molecular flexibility index (Phi) is 26.2. The van der Waals surface area contributed by atoms with Crippen molar-refractivity contribution in [2.45, 2.75) is 169 Å². The van der Waals surface area contributed by atoms with Crippen LogP contribution < -0.4 is 0 Å². The van der Waals surface area contributed by atoms with Crippen molar-refractivity contribution >= 4 is 11.9 Å². The van der Waals surface area contributed by atoms with Gasteiger partial charge in [-0.1, -0.05) is 130 Å². The third-order valence-electron chi connectivity index (χ3n) is 7.45. The lowest BCUT2D eigenvalue weighted by molar-refractivity contribution is -0.146. The molecule has 0 aliphatic carbocycles. The zero-order valence-electron chi connectivity index (χ0n) is 24.8. The van der Waals surface area contributed by atoms with Gasteiger partial charge >= 0.3 is 11.9 Å². The first kappa shape index (κ1) is 34.9. The number of hydrogen-bond donors (Lipinski definition) is 0. The topological polar surface area (TPSA) is 52.6 Å². The van der Waals surface area contributed by atoms with E-state index in [-0.39, 0.29) is 11.9 Å². The lowest BCUT2D eigenvalue weighted by Crippen LogP contribution is -2.12. The molecule has 36 heavy (non-hydrogen) atoms. The fourth-order valence-electron chi connectivity index (χ4n) is 4.93. The minimum atomic E-state index is -0.120. The fraction of sp³-hybridized carbons (Fsp3) is 0.938. The number of unbranched alkanes of at least 4 members (excludes halogenated alkanes) is 9. The maximum absolute atomic E-state index is 12.1. The molecule has 0 fully saturated rings. The molecule has 4 nitrogen and oxygen atoms in total. The molecule has 0 saturated carbocycles. The molecule has 4 heteroatoms. The molecule has 0 aliphatic heterocycles. The van der Waals surface area contributed by atoms with Crippen molar-refractivity contribution in [1.29, 1.82) is 0 Å². The van der Waals surface area contributed by atoms with Crippen LogP contribution >= 0.6 is 0 Å². The minimum Gasteiger partial charge on any atom is -0.466 e. The summed E-state index contributed by atoms with van der Waals surface area (Å²) < 4.78 is 11.0. The maximum Gasteiger partial charge on any atom is 0.305 e. The molecule has 0 aromatic rings. The van der Waals surface area contributed by atoms with Crippen LogP contribution in [0.15, 0.2) is 0 Å². The van der Waals surface area contributed by atoms with Crippen molar-refractivity contribution in [3.63, 3.8) is 0 Å². The lowest BCUT2D eigenvalue weighted by atomic mass is 9.92. The standard InChI is InChI=1S/C32H62O4/c1-5-9-13-15-21-29(19-11-7-3)25-27-35-31(33)23-17-18-24-32(34)36-28-26-30(20-12-8-4)22-16-14-10-6-2/h29-30H,5-28H2,1-4H3. The van der Waals surface area contributed by atoms with E-state index in [1.807, 2.05) is 0 Å². The minimum absolute atomic E-state index is 0.120. The molecule has 0 saturated heterocycles. The Morgan fingerprint density at radius 3 is 1.17 bits per heavy atom. The van der Waals surface area contributed by atoms with Crippen LogP contribution in [0.1, 0.15) is 169 Å². The van der Waals surface area contributed by atoms with Gasteiger partial charge in [0, 0.05) is 12.8 Å². The second kappa shape index (κ2) is 27.0. The first-order valence-electron chi connectivity index (χ1n) is 15.9. The van der Waals surface area contributed by atoms with Crippen LogP contribution in [0.4, 0.5) is 0 Å². The van der Waals surface area contributed by atoms with Crippen molar-refractivity contribution < 1.29 is 19.1 Å². The van der Waals surface area contributed by atoms with E-state index in [1.165, 1.54) is 103 Å². The molecule has 2 atom stereocenters. The van der Waals surface area contributed by atoms with E-state index < -0.39 is 0 Å². The summed E-state index contributed by atoms with van der Waals surface area (Å²) in [6, 6.07) is 0. The van der Waals surface area contributed by atoms with Crippen LogP contribution in [-0.4, -0.2) is 25.2 Å². The van der Waals surface area contributed by atoms with Gasteiger partial charge in [0.15, 0.2) is 0 Å². The summed E-state index contributed by atoms with van der Waals surface area (Å²) in [5, 5.41) is 0. The maximum atomic E-state index is 12.1. The average Bonchev–Trinajstić information content (AvgIpc) is 2.87. The average molecular weight is 511 g/mol. The second-order valence-electron chi connectivity index (χ2n) is 10.9. The summed E-state index contributed by atoms with van der Waals surface area (Å²) >= 11 is 0. The SMILES string of the molecule is CCCCCCC(CCCC)CCOC(=O)CCCCC(=O)OCCC(CCCC)CCCCCC. The van der Waals surface area contributed by atoms with Crippen LogP contribution in [0.5, 0.6) is 0 Å². The number of rotatable bonds is 27. The molecule has 0 amide bonds. The van der Waals surface area contributed by atoms with Gasteiger partial charge in [0.25, 0.3) is 0 Å². The predicted octanol–water partition coefficient (Wildman–Crippen LogP) is 9.97. The zero-order chi connectivity index (χ0) is 26.7. The van der Waals surface area contributed by atoms with E-state index in [9.17, 15) is 9.59 Å². The Hall–Kier alpha value is -1.06. The highest BCUT2D eigenvalue weighted by Gasteiger charge is 2.12. The van der Waals surface area contributed by atoms with Gasteiger partial charge in [0.2, 0.25) is 0 Å². The summed E-state index contributed by atoms with van der Waals surface area (Å²) in [5.74, 6) is 1.13. The molecule has 0 spiro atoms. The highest BCUT2D eigenvalue weighted by molar-refractivity contribution is 5.70. The van der Waals surface area contributed by atoms with Crippen molar-refractivity contribution in [1.82, 2.24) is 0 Å². The Morgan fingerprint density at radius 1 is 0.444 bits per heavy atom. The molecule has 0 rings (SSSR count). The van der Waals surface area contributed by atoms with Gasteiger partial charge in [-0.05, 0) is 37.5 Å². The van der Waals surface area contributed by atoms with Crippen molar-refractivity contribution in [3.05, 3.63) is 0 Å². The van der Waals surface area contributed by atoms with Gasteiger partial charge < -0.3 is 9.47 Å². The van der Waals surface area contributed by atoms with E-state index in [0.29, 0.717) is 50.7 Å². The van der Waals surface area contributed by atoms with E-state index in [2.05, 4.69) is 27.7 Å². The summed E-state index contributed by atoms with van der Waals surface area (Å²) in [6.07, 6.45) is 24.6. The summed E-state index contributed by atoms with van der Waals surface area (Å²) in [6.45, 7) is 10.1. The van der Waals surface area contributed by atoms with Crippen LogP contribution in [0.2, 0.25) is 0 Å². The van der Waals surface area contributed by atoms with Crippen LogP contribution in [-0.2, 0) is 19.1 Å². The molecule has 214 valence electrons. The highest BCUT2D eigenvalue weighted by atomic mass is 16.5. The number of carbonyl (C=O) groups excluding carboxylic acids is 2. The normalized spacial score (nSPS) is 12.9. The Bertz CT molecular complexity index is 447. The summed E-state index contributed by atoms with van der Waals surface area (Å²) in [7, 11) is 0. The Balaban J connectivity index is 3.92. The predicted molar refractivity (Wildman–Crippen MR) is 153 cm³/mol. The molecule has 0 radical (unpaired) electrons. The van der Waals surface area contributed by atoms with Crippen molar-refractivity contribution in [2.75, 3.05) is 13.2 Å². The molecule has 0 N–H and O–H groups in total. The number of ether oxygens (including phenoxy) is 2. The van der Waals surface area contributed by atoms with Gasteiger partial charge in [-0.2, -0.15) is 0 Å². The molecule has 2 unspecified atom stereocenters. The van der Waals surface area contributed by atoms with Crippen LogP contribution in [0.3, 0.4) is 0 Å². The highest BCUT2D eigenvalue weighted by Crippen LogP contribution is 2.22. The van der Waals surface area contributed by atoms with Crippen molar-refractivity contribution in [3.8, 4) is 0 Å². The molecular formula is C32H62O4. The number of esters is 2. The molecule has 0 aromatic heterocycles. The Labute approximate surface area is 225 Å². The van der Waals surface area contributed by atoms with E-state index in [4.69, 9.17) is 9.47 Å². The molecule has 0 bridgehead atoms. The van der Waals surface area contributed by atoms with Crippen LogP contribution in [0.25, 0.3) is 0 Å². The molecule has 0 aliphatic rings. The van der Waals surface area contributed by atoms with Gasteiger partial charge in [0.1, 0.15) is 0 Å². The fourth-order valence-corrected chi connectivity index (χ4v) is 4.93. The Morgan fingerprint density at radius 2 is 0.806 bits per heavy atom. The molecule has 0 aromatic carbocycles. The number of carbonyl (C=O) groups is 2. The van der Waals surface area contributed by atoms with Crippen LogP contribution in [0, 0.1) is 11.8 Å². The smallest absolute Gasteiger partial charge is 0.305 e. The van der Waals surface area contributed by atoms with Gasteiger partial charge in [-0.25, -0.2) is 0 Å². The lowest BCUT2D eigenvalue weighted by Gasteiger charge is -2.17. The largest absolute Gasteiger partial charge is 0.466 e. The molecule has 0 heterocycles.